The molecule has 2 aromatic rings. The molecule has 0 amide bonds. The van der Waals surface area contributed by atoms with Gasteiger partial charge in [0.15, 0.2) is 0 Å². The van der Waals surface area contributed by atoms with Crippen LogP contribution in [0.4, 0.5) is 0 Å². The maximum Gasteiger partial charge on any atom is 0.343 e. The van der Waals surface area contributed by atoms with Crippen LogP contribution in [0.2, 0.25) is 0 Å². The molecule has 2 atom stereocenters. The molecule has 0 saturated heterocycles. The fourth-order valence-corrected chi connectivity index (χ4v) is 4.10. The van der Waals surface area contributed by atoms with Crippen LogP contribution in [-0.4, -0.2) is 5.97 Å². The number of aryl methyl sites for hydroxylation is 1. The van der Waals surface area contributed by atoms with Crippen molar-refractivity contribution in [3.63, 3.8) is 0 Å². The summed E-state index contributed by atoms with van der Waals surface area (Å²) in [5.41, 5.74) is 3.19. The van der Waals surface area contributed by atoms with Crippen LogP contribution in [0.3, 0.4) is 0 Å². The summed E-state index contributed by atoms with van der Waals surface area (Å²) in [4.78, 5) is 12.4. The summed E-state index contributed by atoms with van der Waals surface area (Å²) < 4.78 is 5.52. The molecule has 1 aliphatic rings. The first-order valence-electron chi connectivity index (χ1n) is 10.2. The van der Waals surface area contributed by atoms with Gasteiger partial charge in [0.1, 0.15) is 5.75 Å². The van der Waals surface area contributed by atoms with Crippen molar-refractivity contribution in [2.24, 2.45) is 5.92 Å². The van der Waals surface area contributed by atoms with Crippen LogP contribution in [0.5, 0.6) is 5.75 Å². The number of esters is 1. The maximum atomic E-state index is 12.4. The van der Waals surface area contributed by atoms with Crippen LogP contribution >= 0.6 is 0 Å². The van der Waals surface area contributed by atoms with Gasteiger partial charge in [0.25, 0.3) is 0 Å². The highest BCUT2D eigenvalue weighted by molar-refractivity contribution is 5.91. The molecule has 1 fully saturated rings. The molecule has 0 bridgehead atoms. The predicted octanol–water partition coefficient (Wildman–Crippen LogP) is 6.71. The molecule has 1 aliphatic carbocycles. The minimum Gasteiger partial charge on any atom is -0.423 e. The van der Waals surface area contributed by atoms with E-state index in [4.69, 9.17) is 4.74 Å². The molecule has 2 unspecified atom stereocenters. The van der Waals surface area contributed by atoms with Gasteiger partial charge in [-0.25, -0.2) is 4.79 Å². The number of carbonyl (C=O) groups excluding carboxylic acids is 1. The summed E-state index contributed by atoms with van der Waals surface area (Å²) in [6.07, 6.45) is 10.3. The van der Waals surface area contributed by atoms with Crippen molar-refractivity contribution in [2.45, 2.75) is 57.8 Å². The lowest BCUT2D eigenvalue weighted by Gasteiger charge is -2.12. The van der Waals surface area contributed by atoms with Crippen LogP contribution in [0, 0.1) is 5.92 Å². The van der Waals surface area contributed by atoms with E-state index < -0.39 is 0 Å². The molecule has 27 heavy (non-hydrogen) atoms. The Balaban J connectivity index is 1.57. The molecule has 3 rings (SSSR count). The molecular weight excluding hydrogens is 332 g/mol. The van der Waals surface area contributed by atoms with Crippen molar-refractivity contribution in [1.29, 1.82) is 0 Å². The Kier molecular flexibility index (Phi) is 6.86. The second kappa shape index (κ2) is 9.55. The van der Waals surface area contributed by atoms with Crippen molar-refractivity contribution in [3.8, 4) is 5.75 Å². The van der Waals surface area contributed by atoms with E-state index in [0.29, 0.717) is 17.2 Å². The van der Waals surface area contributed by atoms with Gasteiger partial charge in [-0.3, -0.25) is 0 Å². The minimum atomic E-state index is -0.296. The second-order valence-electron chi connectivity index (χ2n) is 7.65. The Morgan fingerprint density at radius 2 is 1.85 bits per heavy atom. The van der Waals surface area contributed by atoms with Crippen LogP contribution in [0.15, 0.2) is 61.2 Å². The number of ether oxygens (including phenoxy) is 1. The first kappa shape index (κ1) is 19.4. The number of hydrogen-bond donors (Lipinski definition) is 0. The van der Waals surface area contributed by atoms with E-state index in [-0.39, 0.29) is 5.97 Å². The zero-order valence-corrected chi connectivity index (χ0v) is 16.3. The van der Waals surface area contributed by atoms with Gasteiger partial charge in [-0.15, -0.1) is 6.58 Å². The summed E-state index contributed by atoms with van der Waals surface area (Å²) in [5.74, 6) is 1.81. The van der Waals surface area contributed by atoms with Gasteiger partial charge in [-0.2, -0.15) is 0 Å². The summed E-state index contributed by atoms with van der Waals surface area (Å²) >= 11 is 0. The molecule has 1 saturated carbocycles. The Morgan fingerprint density at radius 3 is 2.52 bits per heavy atom. The topological polar surface area (TPSA) is 26.3 Å². The van der Waals surface area contributed by atoms with E-state index in [1.165, 1.54) is 43.2 Å². The Bertz CT molecular complexity index is 743. The first-order valence-corrected chi connectivity index (χ1v) is 10.2. The number of rotatable bonds is 8. The monoisotopic (exact) mass is 362 g/mol. The average Bonchev–Trinajstić information content (AvgIpc) is 3.16. The van der Waals surface area contributed by atoms with Gasteiger partial charge >= 0.3 is 5.97 Å². The van der Waals surface area contributed by atoms with E-state index in [2.05, 4.69) is 25.6 Å². The Hall–Kier alpha value is -2.35. The smallest absolute Gasteiger partial charge is 0.343 e. The van der Waals surface area contributed by atoms with Gasteiger partial charge in [-0.05, 0) is 79.3 Å². The van der Waals surface area contributed by atoms with E-state index in [0.717, 1.165) is 18.8 Å². The summed E-state index contributed by atoms with van der Waals surface area (Å²) in [7, 11) is 0. The largest absolute Gasteiger partial charge is 0.423 e. The molecule has 0 aromatic heterocycles. The third-order valence-corrected chi connectivity index (χ3v) is 5.63. The van der Waals surface area contributed by atoms with E-state index in [1.54, 1.807) is 0 Å². The number of hydrogen-bond acceptors (Lipinski definition) is 2. The van der Waals surface area contributed by atoms with Crippen molar-refractivity contribution < 1.29 is 9.53 Å². The molecule has 0 N–H and O–H groups in total. The van der Waals surface area contributed by atoms with Gasteiger partial charge in [0.05, 0.1) is 5.56 Å². The fraction of sp³-hybridized carbons (Fsp3) is 0.400. The SMILES string of the molecule is C=CCCc1ccc(OC(=O)c2ccc(C3CCC(CCC)C3)cc2)cc1. The molecule has 0 heterocycles. The minimum absolute atomic E-state index is 0.296. The van der Waals surface area contributed by atoms with Crippen LogP contribution in [0.1, 0.15) is 72.9 Å². The third kappa shape index (κ3) is 5.32. The van der Waals surface area contributed by atoms with E-state index in [1.807, 2.05) is 42.5 Å². The maximum absolute atomic E-state index is 12.4. The summed E-state index contributed by atoms with van der Waals surface area (Å²) in [6.45, 7) is 6.01. The molecule has 142 valence electrons. The highest BCUT2D eigenvalue weighted by atomic mass is 16.5. The molecule has 2 aromatic carbocycles. The van der Waals surface area contributed by atoms with Crippen molar-refractivity contribution >= 4 is 5.97 Å². The quantitative estimate of drug-likeness (QED) is 0.296. The molecule has 0 radical (unpaired) electrons. The number of carbonyl (C=O) groups is 1. The molecule has 2 heteroatoms. The zero-order valence-electron chi connectivity index (χ0n) is 16.3. The van der Waals surface area contributed by atoms with Gasteiger partial charge in [0, 0.05) is 0 Å². The van der Waals surface area contributed by atoms with Crippen LogP contribution < -0.4 is 4.74 Å². The summed E-state index contributed by atoms with van der Waals surface area (Å²) in [5, 5.41) is 0. The van der Waals surface area contributed by atoms with Gasteiger partial charge in [-0.1, -0.05) is 50.1 Å². The predicted molar refractivity (Wildman–Crippen MR) is 111 cm³/mol. The first-order chi connectivity index (χ1) is 13.2. The van der Waals surface area contributed by atoms with Gasteiger partial charge < -0.3 is 4.74 Å². The van der Waals surface area contributed by atoms with Gasteiger partial charge in [0.2, 0.25) is 0 Å². The molecular formula is C25H30O2. The lowest BCUT2D eigenvalue weighted by Crippen LogP contribution is -2.08. The molecule has 0 spiro atoms. The second-order valence-corrected chi connectivity index (χ2v) is 7.65. The van der Waals surface area contributed by atoms with Crippen molar-refractivity contribution in [1.82, 2.24) is 0 Å². The lowest BCUT2D eigenvalue weighted by atomic mass is 9.94. The highest BCUT2D eigenvalue weighted by Gasteiger charge is 2.25. The lowest BCUT2D eigenvalue weighted by molar-refractivity contribution is 0.0734. The van der Waals surface area contributed by atoms with E-state index >= 15 is 0 Å². The standard InChI is InChI=1S/C25H30O2/c1-3-5-7-19-9-16-24(17-10-19)27-25(26)22-14-12-21(13-15-22)23-11-8-20(18-23)6-4-2/h3,9-10,12-17,20,23H,1,4-8,11,18H2,2H3. The Labute approximate surface area is 163 Å². The number of benzene rings is 2. The Morgan fingerprint density at radius 1 is 1.11 bits per heavy atom. The highest BCUT2D eigenvalue weighted by Crippen LogP contribution is 2.40. The zero-order chi connectivity index (χ0) is 19.1. The van der Waals surface area contributed by atoms with Crippen molar-refractivity contribution in [3.05, 3.63) is 77.9 Å². The number of allylic oxidation sites excluding steroid dienone is 1. The average molecular weight is 363 g/mol. The van der Waals surface area contributed by atoms with E-state index in [9.17, 15) is 4.79 Å². The molecule has 0 aliphatic heterocycles. The summed E-state index contributed by atoms with van der Waals surface area (Å²) in [6, 6.07) is 15.7. The normalized spacial score (nSPS) is 19.0. The molecule has 2 nitrogen and oxygen atoms in total. The van der Waals surface area contributed by atoms with Crippen molar-refractivity contribution in [2.75, 3.05) is 0 Å². The third-order valence-electron chi connectivity index (χ3n) is 5.63. The fourth-order valence-electron chi connectivity index (χ4n) is 4.10. The van der Waals surface area contributed by atoms with Crippen LogP contribution in [-0.2, 0) is 6.42 Å². The van der Waals surface area contributed by atoms with Crippen LogP contribution in [0.25, 0.3) is 0 Å².